The molecule has 2 heterocycles. The first kappa shape index (κ1) is 48.5. The molecule has 0 saturated carbocycles. The second kappa shape index (κ2) is 30.8. The van der Waals surface area contributed by atoms with E-state index in [1.165, 1.54) is 116 Å². The first-order valence-electron chi connectivity index (χ1n) is 24.1. The number of nitrogens with zero attached hydrogens (tertiary/aromatic N) is 4. The molecule has 0 bridgehead atoms. The molecule has 0 N–H and O–H groups in total. The van der Waals surface area contributed by atoms with Crippen molar-refractivity contribution in [3.8, 4) is 56.9 Å². The number of ether oxygens (including phenoxy) is 4. The SMILES string of the molecule is CCCCCCCCOc1ccc(-c2ncc(-c3cc(OCCCCCCCC)c(-c4cnc(OCCCCCCCC)nc4)cc3OCCCCCCCC)cn2)cc1. The molecule has 2 aromatic heterocycles. The summed E-state index contributed by atoms with van der Waals surface area (Å²) in [5.41, 5.74) is 4.50. The normalized spacial score (nSPS) is 11.2. The van der Waals surface area contributed by atoms with E-state index < -0.39 is 0 Å². The predicted molar refractivity (Wildman–Crippen MR) is 249 cm³/mol. The van der Waals surface area contributed by atoms with Crippen molar-refractivity contribution in [2.45, 2.75) is 182 Å². The Morgan fingerprint density at radius 2 is 0.700 bits per heavy atom. The molecular formula is C52H78N4O4. The van der Waals surface area contributed by atoms with Crippen molar-refractivity contribution in [1.29, 1.82) is 0 Å². The van der Waals surface area contributed by atoms with Gasteiger partial charge in [0.2, 0.25) is 0 Å². The summed E-state index contributed by atoms with van der Waals surface area (Å²) in [6.07, 6.45) is 36.6. The van der Waals surface area contributed by atoms with Gasteiger partial charge in [-0.3, -0.25) is 0 Å². The lowest BCUT2D eigenvalue weighted by molar-refractivity contribution is 0.281. The van der Waals surface area contributed by atoms with Gasteiger partial charge in [0.25, 0.3) is 0 Å². The molecule has 8 nitrogen and oxygen atoms in total. The molecule has 2 aromatic carbocycles. The maximum Gasteiger partial charge on any atom is 0.316 e. The number of hydrogen-bond acceptors (Lipinski definition) is 8. The quantitative estimate of drug-likeness (QED) is 0.0424. The smallest absolute Gasteiger partial charge is 0.316 e. The highest BCUT2D eigenvalue weighted by Gasteiger charge is 2.18. The molecule has 60 heavy (non-hydrogen) atoms. The van der Waals surface area contributed by atoms with E-state index in [2.05, 4.69) is 49.8 Å². The van der Waals surface area contributed by atoms with Crippen LogP contribution in [0.1, 0.15) is 182 Å². The molecule has 0 spiro atoms. The maximum absolute atomic E-state index is 6.62. The number of hydrogen-bond donors (Lipinski definition) is 0. The summed E-state index contributed by atoms with van der Waals surface area (Å²) < 4.78 is 25.2. The Labute approximate surface area is 364 Å². The summed E-state index contributed by atoms with van der Waals surface area (Å²) >= 11 is 0. The van der Waals surface area contributed by atoms with Crippen LogP contribution in [0.5, 0.6) is 23.3 Å². The van der Waals surface area contributed by atoms with Crippen LogP contribution in [0.25, 0.3) is 33.6 Å². The summed E-state index contributed by atoms with van der Waals surface area (Å²) in [4.78, 5) is 18.9. The molecule has 0 amide bonds. The van der Waals surface area contributed by atoms with E-state index in [1.807, 2.05) is 49.1 Å². The van der Waals surface area contributed by atoms with Crippen molar-refractivity contribution in [2.24, 2.45) is 0 Å². The molecule has 0 unspecified atom stereocenters. The Kier molecular flexibility index (Phi) is 24.9. The molecule has 0 aliphatic heterocycles. The van der Waals surface area contributed by atoms with E-state index >= 15 is 0 Å². The fraction of sp³-hybridized carbons (Fsp3) is 0.615. The van der Waals surface area contributed by atoms with Crippen molar-refractivity contribution >= 4 is 0 Å². The molecule has 4 aromatic rings. The zero-order valence-electron chi connectivity index (χ0n) is 38.0. The van der Waals surface area contributed by atoms with Gasteiger partial charge in [-0.1, -0.05) is 156 Å². The monoisotopic (exact) mass is 823 g/mol. The number of unbranched alkanes of at least 4 members (excludes halogenated alkanes) is 20. The summed E-state index contributed by atoms with van der Waals surface area (Å²) in [7, 11) is 0. The van der Waals surface area contributed by atoms with E-state index in [1.54, 1.807) is 0 Å². The molecule has 0 saturated heterocycles. The fourth-order valence-electron chi connectivity index (χ4n) is 7.34. The van der Waals surface area contributed by atoms with Gasteiger partial charge in [0.05, 0.1) is 26.4 Å². The van der Waals surface area contributed by atoms with Crippen molar-refractivity contribution in [3.05, 3.63) is 61.2 Å². The van der Waals surface area contributed by atoms with E-state index in [0.29, 0.717) is 31.7 Å². The average molecular weight is 823 g/mol. The van der Waals surface area contributed by atoms with Gasteiger partial charge in [-0.15, -0.1) is 0 Å². The molecule has 0 atom stereocenters. The molecule has 330 valence electrons. The molecule has 0 aliphatic rings. The van der Waals surface area contributed by atoms with Gasteiger partial charge in [-0.25, -0.2) is 19.9 Å². The van der Waals surface area contributed by atoms with Crippen LogP contribution in [0.15, 0.2) is 61.2 Å². The molecule has 0 aliphatic carbocycles. The van der Waals surface area contributed by atoms with E-state index in [-0.39, 0.29) is 0 Å². The van der Waals surface area contributed by atoms with Gasteiger partial charge in [0.15, 0.2) is 5.82 Å². The van der Waals surface area contributed by atoms with Crippen LogP contribution in [0, 0.1) is 0 Å². The van der Waals surface area contributed by atoms with E-state index in [0.717, 1.165) is 90.2 Å². The highest BCUT2D eigenvalue weighted by Crippen LogP contribution is 2.41. The van der Waals surface area contributed by atoms with Crippen molar-refractivity contribution < 1.29 is 18.9 Å². The number of aromatic nitrogens is 4. The van der Waals surface area contributed by atoms with Crippen molar-refractivity contribution in [2.75, 3.05) is 26.4 Å². The lowest BCUT2D eigenvalue weighted by Crippen LogP contribution is -2.04. The third kappa shape index (κ3) is 18.6. The second-order valence-corrected chi connectivity index (χ2v) is 16.4. The Morgan fingerprint density at radius 1 is 0.350 bits per heavy atom. The zero-order valence-corrected chi connectivity index (χ0v) is 38.0. The van der Waals surface area contributed by atoms with Crippen molar-refractivity contribution in [1.82, 2.24) is 19.9 Å². The minimum atomic E-state index is 0.408. The summed E-state index contributed by atoms with van der Waals surface area (Å²) in [5.74, 6) is 3.10. The lowest BCUT2D eigenvalue weighted by atomic mass is 10.0. The van der Waals surface area contributed by atoms with Gasteiger partial charge in [-0.2, -0.15) is 0 Å². The molecular weight excluding hydrogens is 745 g/mol. The van der Waals surface area contributed by atoms with Crippen molar-refractivity contribution in [3.63, 3.8) is 0 Å². The summed E-state index contributed by atoms with van der Waals surface area (Å²) in [6, 6.07) is 12.7. The van der Waals surface area contributed by atoms with Crippen LogP contribution < -0.4 is 18.9 Å². The predicted octanol–water partition coefficient (Wildman–Crippen LogP) is 15.2. The van der Waals surface area contributed by atoms with Crippen LogP contribution in [-0.2, 0) is 0 Å². The highest BCUT2D eigenvalue weighted by atomic mass is 16.5. The zero-order chi connectivity index (χ0) is 42.3. The van der Waals surface area contributed by atoms with Crippen LogP contribution in [0.2, 0.25) is 0 Å². The van der Waals surface area contributed by atoms with Gasteiger partial charge in [-0.05, 0) is 62.1 Å². The average Bonchev–Trinajstić information content (AvgIpc) is 3.28. The standard InChI is InChI=1S/C52H78N4O4/c1-5-9-13-17-21-25-33-57-46-31-29-43(30-32-46)51-53-39-44(40-54-51)47-37-50(59-35-27-23-19-15-11-7-3)48(38-49(47)58-34-26-22-18-14-10-6-2)45-41-55-52(56-42-45)60-36-28-24-20-16-12-8-4/h29-32,37-42H,5-28,33-36H2,1-4H3. The lowest BCUT2D eigenvalue weighted by Gasteiger charge is -2.18. The Hall–Kier alpha value is -4.20. The number of benzene rings is 2. The van der Waals surface area contributed by atoms with E-state index in [9.17, 15) is 0 Å². The third-order valence-electron chi connectivity index (χ3n) is 11.1. The molecule has 0 radical (unpaired) electrons. The van der Waals surface area contributed by atoms with Gasteiger partial charge in [0.1, 0.15) is 17.2 Å². The Bertz CT molecular complexity index is 1660. The third-order valence-corrected chi connectivity index (χ3v) is 11.1. The molecule has 0 fully saturated rings. The Balaban J connectivity index is 1.53. The van der Waals surface area contributed by atoms with Crippen LogP contribution in [0.4, 0.5) is 0 Å². The topological polar surface area (TPSA) is 88.5 Å². The minimum Gasteiger partial charge on any atom is -0.494 e. The Morgan fingerprint density at radius 3 is 1.12 bits per heavy atom. The van der Waals surface area contributed by atoms with Crippen LogP contribution >= 0.6 is 0 Å². The second-order valence-electron chi connectivity index (χ2n) is 16.4. The fourth-order valence-corrected chi connectivity index (χ4v) is 7.34. The van der Waals surface area contributed by atoms with Gasteiger partial charge < -0.3 is 18.9 Å². The van der Waals surface area contributed by atoms with Gasteiger partial charge >= 0.3 is 6.01 Å². The van der Waals surface area contributed by atoms with Crippen LogP contribution in [0.3, 0.4) is 0 Å². The highest BCUT2D eigenvalue weighted by molar-refractivity contribution is 5.80. The number of rotatable bonds is 35. The largest absolute Gasteiger partial charge is 0.494 e. The molecule has 4 rings (SSSR count). The molecule has 8 heteroatoms. The van der Waals surface area contributed by atoms with E-state index in [4.69, 9.17) is 28.9 Å². The van der Waals surface area contributed by atoms with Crippen LogP contribution in [-0.4, -0.2) is 46.4 Å². The van der Waals surface area contributed by atoms with Gasteiger partial charge in [0, 0.05) is 52.6 Å². The first-order chi connectivity index (χ1) is 29.7. The first-order valence-corrected chi connectivity index (χ1v) is 24.1. The maximum atomic E-state index is 6.62. The minimum absolute atomic E-state index is 0.408. The summed E-state index contributed by atoms with van der Waals surface area (Å²) in [6.45, 7) is 11.6. The summed E-state index contributed by atoms with van der Waals surface area (Å²) in [5, 5.41) is 0.